The fourth-order valence-electron chi connectivity index (χ4n) is 2.26. The Labute approximate surface area is 128 Å². The molecule has 0 spiro atoms. The lowest BCUT2D eigenvalue weighted by molar-refractivity contribution is -0.385. The van der Waals surface area contributed by atoms with Crippen molar-refractivity contribution >= 4 is 24.0 Å². The van der Waals surface area contributed by atoms with Gasteiger partial charge >= 0.3 is 5.69 Å². The zero-order chi connectivity index (χ0) is 14.6. The van der Waals surface area contributed by atoms with Gasteiger partial charge in [0, 0.05) is 6.54 Å². The van der Waals surface area contributed by atoms with Crippen molar-refractivity contribution in [1.29, 1.82) is 0 Å². The lowest BCUT2D eigenvalue weighted by Gasteiger charge is -2.34. The van der Waals surface area contributed by atoms with E-state index in [1.165, 1.54) is 10.9 Å². The van der Waals surface area contributed by atoms with Gasteiger partial charge < -0.3 is 10.6 Å². The highest BCUT2D eigenvalue weighted by Gasteiger charge is 2.27. The number of hydrogen-bond acceptors (Lipinski definition) is 5. The third-order valence-electron chi connectivity index (χ3n) is 3.66. The molecule has 9 heteroatoms. The first-order valence-corrected chi connectivity index (χ1v) is 6.63. The summed E-state index contributed by atoms with van der Waals surface area (Å²) < 4.78 is 1.28. The van der Waals surface area contributed by atoms with Crippen molar-refractivity contribution < 1.29 is 9.72 Å². The van der Waals surface area contributed by atoms with Gasteiger partial charge in [-0.1, -0.05) is 6.92 Å². The minimum atomic E-state index is -0.530. The van der Waals surface area contributed by atoms with Crippen LogP contribution in [0.4, 0.5) is 5.69 Å². The number of aromatic nitrogens is 2. The minimum Gasteiger partial charge on any atom is -0.354 e. The van der Waals surface area contributed by atoms with E-state index in [2.05, 4.69) is 22.7 Å². The maximum atomic E-state index is 11.8. The molecule has 0 bridgehead atoms. The van der Waals surface area contributed by atoms with Gasteiger partial charge in [0.15, 0.2) is 0 Å². The number of amides is 1. The summed E-state index contributed by atoms with van der Waals surface area (Å²) in [5.41, 5.74) is 0.0138. The molecule has 1 aliphatic heterocycles. The number of hydrogen-bond donors (Lipinski definition) is 2. The molecule has 118 valence electrons. The molecule has 0 aromatic carbocycles. The molecule has 1 aromatic rings. The number of carbonyl (C=O) groups excluding carboxylic acids is 1. The summed E-state index contributed by atoms with van der Waals surface area (Å²) in [6, 6.07) is 0. The van der Waals surface area contributed by atoms with Gasteiger partial charge in [-0.3, -0.25) is 19.6 Å². The summed E-state index contributed by atoms with van der Waals surface area (Å²) in [5.74, 6) is -0.178. The number of rotatable bonds is 5. The van der Waals surface area contributed by atoms with Crippen LogP contribution >= 0.6 is 12.4 Å². The van der Waals surface area contributed by atoms with E-state index < -0.39 is 4.92 Å². The van der Waals surface area contributed by atoms with E-state index >= 15 is 0 Å². The smallest absolute Gasteiger partial charge is 0.307 e. The van der Waals surface area contributed by atoms with Gasteiger partial charge in [-0.15, -0.1) is 12.4 Å². The second-order valence-corrected chi connectivity index (χ2v) is 5.49. The standard InChI is InChI=1S/C12H19N5O3.ClH/c1-12(2-4-13-5-3-12)9-14-11(18)8-16-7-10(6-15-16)17(19)20;/h6-7,13H,2-5,8-9H2,1H3,(H,14,18);1H. The summed E-state index contributed by atoms with van der Waals surface area (Å²) in [4.78, 5) is 21.8. The summed E-state index contributed by atoms with van der Waals surface area (Å²) >= 11 is 0. The lowest BCUT2D eigenvalue weighted by atomic mass is 9.81. The van der Waals surface area contributed by atoms with Gasteiger partial charge in [-0.05, 0) is 31.3 Å². The lowest BCUT2D eigenvalue weighted by Crippen LogP contribution is -2.43. The first-order valence-electron chi connectivity index (χ1n) is 6.63. The summed E-state index contributed by atoms with van der Waals surface area (Å²) in [6.45, 7) is 4.72. The van der Waals surface area contributed by atoms with Crippen molar-refractivity contribution in [2.75, 3.05) is 19.6 Å². The molecule has 1 aliphatic rings. The monoisotopic (exact) mass is 317 g/mol. The molecule has 1 fully saturated rings. The Hall–Kier alpha value is -1.67. The van der Waals surface area contributed by atoms with Gasteiger partial charge in [0.25, 0.3) is 0 Å². The molecule has 0 atom stereocenters. The third-order valence-corrected chi connectivity index (χ3v) is 3.66. The number of nitrogens with one attached hydrogen (secondary N) is 2. The highest BCUT2D eigenvalue weighted by molar-refractivity contribution is 5.85. The van der Waals surface area contributed by atoms with Crippen LogP contribution in [0.25, 0.3) is 0 Å². The van der Waals surface area contributed by atoms with Crippen molar-refractivity contribution in [3.63, 3.8) is 0 Å². The van der Waals surface area contributed by atoms with Gasteiger partial charge in [0.1, 0.15) is 18.9 Å². The zero-order valence-corrected chi connectivity index (χ0v) is 12.7. The molecule has 2 N–H and O–H groups in total. The Kier molecular flexibility index (Phi) is 6.10. The Morgan fingerprint density at radius 3 is 2.81 bits per heavy atom. The Bertz CT molecular complexity index is 499. The van der Waals surface area contributed by atoms with Crippen molar-refractivity contribution in [3.8, 4) is 0 Å². The topological polar surface area (TPSA) is 102 Å². The third kappa shape index (κ3) is 4.98. The van der Waals surface area contributed by atoms with Crippen LogP contribution in [0.15, 0.2) is 12.4 Å². The van der Waals surface area contributed by atoms with Crippen LogP contribution < -0.4 is 10.6 Å². The first kappa shape index (κ1) is 17.4. The normalized spacial score (nSPS) is 16.8. The quantitative estimate of drug-likeness (QED) is 0.615. The first-order chi connectivity index (χ1) is 9.48. The minimum absolute atomic E-state index is 0. The molecule has 2 rings (SSSR count). The molecular weight excluding hydrogens is 298 g/mol. The van der Waals surface area contributed by atoms with Crippen LogP contribution in [0.3, 0.4) is 0 Å². The molecule has 2 heterocycles. The van der Waals surface area contributed by atoms with Crippen LogP contribution in [-0.2, 0) is 11.3 Å². The summed E-state index contributed by atoms with van der Waals surface area (Å²) in [6.07, 6.45) is 4.45. The average Bonchev–Trinajstić information content (AvgIpc) is 2.86. The van der Waals surface area contributed by atoms with E-state index in [4.69, 9.17) is 0 Å². The zero-order valence-electron chi connectivity index (χ0n) is 11.9. The van der Waals surface area contributed by atoms with Gasteiger partial charge in [0.05, 0.1) is 4.92 Å². The van der Waals surface area contributed by atoms with E-state index in [9.17, 15) is 14.9 Å². The maximum absolute atomic E-state index is 11.8. The molecule has 1 amide bonds. The van der Waals surface area contributed by atoms with E-state index in [0.717, 1.165) is 32.1 Å². The van der Waals surface area contributed by atoms with Crippen LogP contribution in [-0.4, -0.2) is 40.2 Å². The van der Waals surface area contributed by atoms with E-state index in [1.807, 2.05) is 0 Å². The number of halogens is 1. The second-order valence-electron chi connectivity index (χ2n) is 5.49. The van der Waals surface area contributed by atoms with Crippen molar-refractivity contribution in [2.24, 2.45) is 5.41 Å². The SMILES string of the molecule is CC1(CNC(=O)Cn2cc([N+](=O)[O-])cn2)CCNCC1.Cl. The molecule has 0 saturated carbocycles. The van der Waals surface area contributed by atoms with Crippen molar-refractivity contribution in [2.45, 2.75) is 26.3 Å². The Morgan fingerprint density at radius 2 is 2.24 bits per heavy atom. The van der Waals surface area contributed by atoms with Crippen LogP contribution in [0.5, 0.6) is 0 Å². The molecule has 0 radical (unpaired) electrons. The number of nitro groups is 1. The van der Waals surface area contributed by atoms with Crippen molar-refractivity contribution in [1.82, 2.24) is 20.4 Å². The van der Waals surface area contributed by atoms with Gasteiger partial charge in [-0.2, -0.15) is 5.10 Å². The van der Waals surface area contributed by atoms with Crippen LogP contribution in [0.1, 0.15) is 19.8 Å². The van der Waals surface area contributed by atoms with E-state index in [1.54, 1.807) is 0 Å². The average molecular weight is 318 g/mol. The predicted octanol–water partition coefficient (Wildman–Crippen LogP) is 0.719. The van der Waals surface area contributed by atoms with Gasteiger partial charge in [-0.25, -0.2) is 0 Å². The number of carbonyl (C=O) groups is 1. The number of piperidine rings is 1. The molecule has 0 aliphatic carbocycles. The predicted molar refractivity (Wildman–Crippen MR) is 79.3 cm³/mol. The Morgan fingerprint density at radius 1 is 1.57 bits per heavy atom. The highest BCUT2D eigenvalue weighted by atomic mass is 35.5. The largest absolute Gasteiger partial charge is 0.354 e. The van der Waals surface area contributed by atoms with E-state index in [-0.39, 0.29) is 36.0 Å². The fraction of sp³-hybridized carbons (Fsp3) is 0.667. The maximum Gasteiger partial charge on any atom is 0.307 e. The summed E-state index contributed by atoms with van der Waals surface area (Å²) in [7, 11) is 0. The summed E-state index contributed by atoms with van der Waals surface area (Å²) in [5, 5.41) is 20.5. The molecular formula is C12H20ClN5O3. The molecule has 8 nitrogen and oxygen atoms in total. The van der Waals surface area contributed by atoms with Crippen molar-refractivity contribution in [3.05, 3.63) is 22.5 Å². The molecule has 0 unspecified atom stereocenters. The second kappa shape index (κ2) is 7.37. The van der Waals surface area contributed by atoms with E-state index in [0.29, 0.717) is 6.54 Å². The van der Waals surface area contributed by atoms with Crippen LogP contribution in [0, 0.1) is 15.5 Å². The fourth-order valence-corrected chi connectivity index (χ4v) is 2.26. The van der Waals surface area contributed by atoms with Crippen LogP contribution in [0.2, 0.25) is 0 Å². The molecule has 1 aromatic heterocycles. The number of nitrogens with zero attached hydrogens (tertiary/aromatic N) is 3. The molecule has 21 heavy (non-hydrogen) atoms. The molecule has 1 saturated heterocycles. The Balaban J connectivity index is 0.00000220. The van der Waals surface area contributed by atoms with Gasteiger partial charge in [0.2, 0.25) is 5.91 Å². The highest BCUT2D eigenvalue weighted by Crippen LogP contribution is 2.26.